The number of aryl methyl sites for hydroxylation is 1. The number of benzene rings is 3. The van der Waals surface area contributed by atoms with E-state index in [0.29, 0.717) is 34.3 Å². The van der Waals surface area contributed by atoms with Gasteiger partial charge in [0.2, 0.25) is 11.8 Å². The van der Waals surface area contributed by atoms with E-state index in [1.54, 1.807) is 67.6 Å². The lowest BCUT2D eigenvalue weighted by atomic mass is 10.1. The molecule has 7 nitrogen and oxygen atoms in total. The molecule has 39 heavy (non-hydrogen) atoms. The molecule has 2 amide bonds. The highest BCUT2D eigenvalue weighted by molar-refractivity contribution is 7.92. The molecule has 0 fully saturated rings. The second kappa shape index (κ2) is 13.8. The van der Waals surface area contributed by atoms with Crippen LogP contribution >= 0.6 is 23.2 Å². The van der Waals surface area contributed by atoms with Gasteiger partial charge in [0.1, 0.15) is 12.6 Å². The first kappa shape index (κ1) is 30.5. The van der Waals surface area contributed by atoms with Gasteiger partial charge < -0.3 is 10.2 Å². The summed E-state index contributed by atoms with van der Waals surface area (Å²) in [6.07, 6.45) is 1.05. The van der Waals surface area contributed by atoms with Gasteiger partial charge in [-0.05, 0) is 61.7 Å². The molecule has 0 saturated carbocycles. The van der Waals surface area contributed by atoms with Crippen LogP contribution in [0, 0.1) is 6.92 Å². The molecule has 0 bridgehead atoms. The van der Waals surface area contributed by atoms with E-state index in [9.17, 15) is 18.0 Å². The molecule has 0 aliphatic carbocycles. The van der Waals surface area contributed by atoms with Gasteiger partial charge in [0.25, 0.3) is 10.0 Å². The average Bonchev–Trinajstić information content (AvgIpc) is 2.92. The maximum absolute atomic E-state index is 14.0. The van der Waals surface area contributed by atoms with Gasteiger partial charge in [-0.2, -0.15) is 0 Å². The molecule has 0 saturated heterocycles. The Hall–Kier alpha value is -3.07. The Bertz CT molecular complexity index is 1380. The van der Waals surface area contributed by atoms with Gasteiger partial charge in [0.05, 0.1) is 10.6 Å². The molecule has 0 aromatic heterocycles. The predicted octanol–water partition coefficient (Wildman–Crippen LogP) is 5.83. The molecule has 3 aromatic carbocycles. The van der Waals surface area contributed by atoms with Crippen molar-refractivity contribution in [3.8, 4) is 0 Å². The fourth-order valence-electron chi connectivity index (χ4n) is 4.08. The monoisotopic (exact) mass is 589 g/mol. The number of amides is 2. The normalized spacial score (nSPS) is 12.0. The van der Waals surface area contributed by atoms with E-state index in [-0.39, 0.29) is 17.3 Å². The quantitative estimate of drug-likeness (QED) is 0.288. The number of nitrogens with zero attached hydrogens (tertiary/aromatic N) is 2. The number of nitrogens with one attached hydrogen (secondary N) is 1. The molecule has 3 rings (SSSR count). The third-order valence-corrected chi connectivity index (χ3v) is 8.60. The van der Waals surface area contributed by atoms with Crippen LogP contribution in [0.2, 0.25) is 10.0 Å². The summed E-state index contributed by atoms with van der Waals surface area (Å²) in [7, 11) is -4.11. The van der Waals surface area contributed by atoms with Crippen LogP contribution in [0.1, 0.15) is 37.8 Å². The van der Waals surface area contributed by atoms with Gasteiger partial charge in [-0.1, -0.05) is 79.0 Å². The standard InChI is InChI=1S/C29H33Cl2N3O4S/c1-4-17-32-29(36)27(5-2)33(19-22-13-14-23(30)18-26(22)31)28(35)20-34(24-15-11-21(3)12-16-24)39(37,38)25-9-7-6-8-10-25/h6-16,18,27H,4-5,17,19-20H2,1-3H3,(H,32,36)/t27-/m1/s1. The van der Waals surface area contributed by atoms with E-state index in [1.165, 1.54) is 17.0 Å². The van der Waals surface area contributed by atoms with Crippen LogP contribution in [0.5, 0.6) is 0 Å². The summed E-state index contributed by atoms with van der Waals surface area (Å²) in [6.45, 7) is 5.58. The molecule has 0 aliphatic heterocycles. The molecule has 3 aromatic rings. The van der Waals surface area contributed by atoms with Crippen molar-refractivity contribution in [3.63, 3.8) is 0 Å². The summed E-state index contributed by atoms with van der Waals surface area (Å²) in [5.41, 5.74) is 1.87. The van der Waals surface area contributed by atoms with Crippen molar-refractivity contribution < 1.29 is 18.0 Å². The van der Waals surface area contributed by atoms with Crippen LogP contribution in [-0.2, 0) is 26.2 Å². The molecular weight excluding hydrogens is 557 g/mol. The van der Waals surface area contributed by atoms with Crippen LogP contribution in [0.15, 0.2) is 77.7 Å². The second-order valence-electron chi connectivity index (χ2n) is 9.13. The Morgan fingerprint density at radius 3 is 2.21 bits per heavy atom. The van der Waals surface area contributed by atoms with Gasteiger partial charge in [-0.15, -0.1) is 0 Å². The van der Waals surface area contributed by atoms with Crippen molar-refractivity contribution in [2.75, 3.05) is 17.4 Å². The number of hydrogen-bond donors (Lipinski definition) is 1. The number of hydrogen-bond acceptors (Lipinski definition) is 4. The fourth-order valence-corrected chi connectivity index (χ4v) is 5.98. The summed E-state index contributed by atoms with van der Waals surface area (Å²) in [5.74, 6) is -0.856. The zero-order valence-corrected chi connectivity index (χ0v) is 24.6. The molecular formula is C29H33Cl2N3O4S. The first-order valence-corrected chi connectivity index (χ1v) is 14.9. The molecule has 1 atom stereocenters. The van der Waals surface area contributed by atoms with Crippen molar-refractivity contribution in [1.29, 1.82) is 0 Å². The van der Waals surface area contributed by atoms with Crippen LogP contribution < -0.4 is 9.62 Å². The molecule has 0 spiro atoms. The minimum absolute atomic E-state index is 0.00000958. The van der Waals surface area contributed by atoms with E-state index in [4.69, 9.17) is 23.2 Å². The van der Waals surface area contributed by atoms with E-state index in [2.05, 4.69) is 5.32 Å². The summed E-state index contributed by atoms with van der Waals surface area (Å²) < 4.78 is 28.6. The maximum atomic E-state index is 14.0. The maximum Gasteiger partial charge on any atom is 0.264 e. The van der Waals surface area contributed by atoms with Crippen molar-refractivity contribution in [1.82, 2.24) is 10.2 Å². The van der Waals surface area contributed by atoms with E-state index in [0.717, 1.165) is 16.3 Å². The van der Waals surface area contributed by atoms with Gasteiger partial charge in [-0.3, -0.25) is 13.9 Å². The minimum atomic E-state index is -4.11. The number of sulfonamides is 1. The first-order valence-electron chi connectivity index (χ1n) is 12.7. The van der Waals surface area contributed by atoms with Crippen LogP contribution in [-0.4, -0.2) is 44.3 Å². The Morgan fingerprint density at radius 1 is 0.949 bits per heavy atom. The largest absolute Gasteiger partial charge is 0.354 e. The minimum Gasteiger partial charge on any atom is -0.354 e. The number of anilines is 1. The smallest absolute Gasteiger partial charge is 0.264 e. The second-order valence-corrected chi connectivity index (χ2v) is 11.8. The zero-order chi connectivity index (χ0) is 28.6. The molecule has 1 N–H and O–H groups in total. The first-order chi connectivity index (χ1) is 18.6. The predicted molar refractivity (Wildman–Crippen MR) is 157 cm³/mol. The fraction of sp³-hybridized carbons (Fsp3) is 0.310. The van der Waals surface area contributed by atoms with Crippen molar-refractivity contribution in [2.24, 2.45) is 0 Å². The zero-order valence-electron chi connectivity index (χ0n) is 22.2. The molecule has 0 heterocycles. The molecule has 208 valence electrons. The highest BCUT2D eigenvalue weighted by Gasteiger charge is 2.33. The van der Waals surface area contributed by atoms with Gasteiger partial charge in [0.15, 0.2) is 0 Å². The van der Waals surface area contributed by atoms with Crippen LogP contribution in [0.4, 0.5) is 5.69 Å². The van der Waals surface area contributed by atoms with Crippen molar-refractivity contribution in [3.05, 3.63) is 94.0 Å². The molecule has 0 unspecified atom stereocenters. The Morgan fingerprint density at radius 2 is 1.62 bits per heavy atom. The highest BCUT2D eigenvalue weighted by Crippen LogP contribution is 2.27. The Labute approximate surface area is 240 Å². The van der Waals surface area contributed by atoms with Crippen molar-refractivity contribution in [2.45, 2.75) is 51.1 Å². The summed E-state index contributed by atoms with van der Waals surface area (Å²) >= 11 is 12.5. The van der Waals surface area contributed by atoms with Gasteiger partial charge in [-0.25, -0.2) is 8.42 Å². The summed E-state index contributed by atoms with van der Waals surface area (Å²) in [4.78, 5) is 28.6. The van der Waals surface area contributed by atoms with E-state index >= 15 is 0 Å². The Kier molecular flexibility index (Phi) is 10.8. The Balaban J connectivity index is 2.05. The highest BCUT2D eigenvalue weighted by atomic mass is 35.5. The third-order valence-electron chi connectivity index (χ3n) is 6.22. The number of carbonyl (C=O) groups excluding carboxylic acids is 2. The van der Waals surface area contributed by atoms with E-state index < -0.39 is 28.5 Å². The summed E-state index contributed by atoms with van der Waals surface area (Å²) in [5, 5.41) is 3.64. The lowest BCUT2D eigenvalue weighted by molar-refractivity contribution is -0.140. The summed E-state index contributed by atoms with van der Waals surface area (Å²) in [6, 6.07) is 18.9. The third kappa shape index (κ3) is 7.75. The molecule has 10 heteroatoms. The van der Waals surface area contributed by atoms with Crippen LogP contribution in [0.25, 0.3) is 0 Å². The number of rotatable bonds is 12. The molecule has 0 radical (unpaired) electrons. The van der Waals surface area contributed by atoms with Gasteiger partial charge in [0, 0.05) is 23.1 Å². The number of halogens is 2. The topological polar surface area (TPSA) is 86.8 Å². The molecule has 0 aliphatic rings. The van der Waals surface area contributed by atoms with Crippen molar-refractivity contribution >= 4 is 50.7 Å². The average molecular weight is 591 g/mol. The van der Waals surface area contributed by atoms with Gasteiger partial charge >= 0.3 is 0 Å². The lowest BCUT2D eigenvalue weighted by Crippen LogP contribution is -2.52. The SMILES string of the molecule is CCCNC(=O)[C@@H](CC)N(Cc1ccc(Cl)cc1Cl)C(=O)CN(c1ccc(C)cc1)S(=O)(=O)c1ccccc1. The van der Waals surface area contributed by atoms with E-state index in [1.807, 2.05) is 13.8 Å². The van der Waals surface area contributed by atoms with Crippen LogP contribution in [0.3, 0.4) is 0 Å². The number of carbonyl (C=O) groups is 2. The lowest BCUT2D eigenvalue weighted by Gasteiger charge is -2.33.